The van der Waals surface area contributed by atoms with Crippen molar-refractivity contribution >= 4 is 5.96 Å². The number of rotatable bonds is 14. The Morgan fingerprint density at radius 3 is 2.54 bits per heavy atom. The molecule has 0 spiro atoms. The van der Waals surface area contributed by atoms with Crippen molar-refractivity contribution in [3.63, 3.8) is 0 Å². The normalized spacial score (nSPS) is 12.9. The lowest BCUT2D eigenvalue weighted by atomic mass is 10.0. The van der Waals surface area contributed by atoms with Gasteiger partial charge in [-0.3, -0.25) is 9.89 Å². The Labute approximate surface area is 171 Å². The van der Waals surface area contributed by atoms with Crippen molar-refractivity contribution in [1.82, 2.24) is 15.5 Å². The first-order chi connectivity index (χ1) is 13.7. The highest BCUT2D eigenvalue weighted by atomic mass is 16.5. The van der Waals surface area contributed by atoms with Gasteiger partial charge in [0.05, 0.1) is 19.7 Å². The Morgan fingerprint density at radius 2 is 1.89 bits per heavy atom. The molecule has 0 bridgehead atoms. The van der Waals surface area contributed by atoms with E-state index in [0.717, 1.165) is 63.9 Å². The third-order valence-corrected chi connectivity index (χ3v) is 4.71. The summed E-state index contributed by atoms with van der Waals surface area (Å²) in [5.41, 5.74) is 1.24. The van der Waals surface area contributed by atoms with E-state index in [1.165, 1.54) is 5.56 Å². The van der Waals surface area contributed by atoms with Crippen LogP contribution in [-0.2, 0) is 4.74 Å². The lowest BCUT2D eigenvalue weighted by Gasteiger charge is -2.29. The van der Waals surface area contributed by atoms with Crippen molar-refractivity contribution in [2.45, 2.75) is 46.6 Å². The summed E-state index contributed by atoms with van der Waals surface area (Å²) < 4.78 is 10.8. The van der Waals surface area contributed by atoms with Crippen LogP contribution in [0.4, 0.5) is 0 Å². The van der Waals surface area contributed by atoms with Gasteiger partial charge in [0.25, 0.3) is 0 Å². The van der Waals surface area contributed by atoms with E-state index < -0.39 is 0 Å². The summed E-state index contributed by atoms with van der Waals surface area (Å²) in [6.07, 6.45) is 2.13. The van der Waals surface area contributed by atoms with E-state index in [1.54, 1.807) is 7.11 Å². The maximum absolute atomic E-state index is 5.42. The lowest BCUT2D eigenvalue weighted by molar-refractivity contribution is 0.143. The highest BCUT2D eigenvalue weighted by molar-refractivity contribution is 5.79. The smallest absolute Gasteiger partial charge is 0.191 e. The minimum Gasteiger partial charge on any atom is -0.497 e. The molecule has 6 heteroatoms. The van der Waals surface area contributed by atoms with E-state index in [2.05, 4.69) is 54.5 Å². The first-order valence-electron chi connectivity index (χ1n) is 10.7. The molecule has 1 aromatic carbocycles. The molecule has 0 fully saturated rings. The van der Waals surface area contributed by atoms with E-state index in [0.29, 0.717) is 6.54 Å². The number of methoxy groups -OCH3 is 1. The van der Waals surface area contributed by atoms with E-state index >= 15 is 0 Å². The summed E-state index contributed by atoms with van der Waals surface area (Å²) in [6.45, 7) is 14.5. The number of nitrogens with zero attached hydrogens (tertiary/aromatic N) is 2. The zero-order valence-electron chi connectivity index (χ0n) is 18.5. The molecular formula is C22H40N4O2. The minimum atomic E-state index is 0.221. The first kappa shape index (κ1) is 24.2. The van der Waals surface area contributed by atoms with Gasteiger partial charge in [0, 0.05) is 26.3 Å². The van der Waals surface area contributed by atoms with Gasteiger partial charge in [-0.15, -0.1) is 0 Å². The Bertz CT molecular complexity index is 547. The second-order valence-corrected chi connectivity index (χ2v) is 6.56. The van der Waals surface area contributed by atoms with Crippen LogP contribution in [0, 0.1) is 0 Å². The molecular weight excluding hydrogens is 352 g/mol. The molecule has 6 nitrogen and oxygen atoms in total. The van der Waals surface area contributed by atoms with E-state index in [1.807, 2.05) is 13.0 Å². The summed E-state index contributed by atoms with van der Waals surface area (Å²) in [7, 11) is 1.71. The van der Waals surface area contributed by atoms with Crippen molar-refractivity contribution in [3.8, 4) is 5.75 Å². The van der Waals surface area contributed by atoms with Crippen molar-refractivity contribution in [3.05, 3.63) is 29.8 Å². The fourth-order valence-electron chi connectivity index (χ4n) is 3.14. The van der Waals surface area contributed by atoms with E-state index in [-0.39, 0.29) is 6.04 Å². The molecule has 2 N–H and O–H groups in total. The van der Waals surface area contributed by atoms with Crippen molar-refractivity contribution < 1.29 is 9.47 Å². The molecule has 28 heavy (non-hydrogen) atoms. The van der Waals surface area contributed by atoms with Crippen LogP contribution >= 0.6 is 0 Å². The summed E-state index contributed by atoms with van der Waals surface area (Å²) in [4.78, 5) is 7.31. The Hall–Kier alpha value is -1.79. The molecule has 1 unspecified atom stereocenters. The average Bonchev–Trinajstić information content (AvgIpc) is 2.73. The summed E-state index contributed by atoms with van der Waals surface area (Å²) in [6, 6.07) is 8.54. The highest BCUT2D eigenvalue weighted by Gasteiger charge is 2.18. The van der Waals surface area contributed by atoms with Crippen molar-refractivity contribution in [1.29, 1.82) is 0 Å². The quantitative estimate of drug-likeness (QED) is 0.288. The highest BCUT2D eigenvalue weighted by Crippen LogP contribution is 2.24. The molecule has 1 rings (SSSR count). The number of guanidine groups is 1. The van der Waals surface area contributed by atoms with Crippen LogP contribution in [0.25, 0.3) is 0 Å². The van der Waals surface area contributed by atoms with Crippen LogP contribution in [0.1, 0.15) is 52.1 Å². The molecule has 0 heterocycles. The van der Waals surface area contributed by atoms with Gasteiger partial charge in [0.2, 0.25) is 0 Å². The molecule has 0 saturated carbocycles. The predicted molar refractivity (Wildman–Crippen MR) is 118 cm³/mol. The van der Waals surface area contributed by atoms with Crippen molar-refractivity contribution in [2.75, 3.05) is 53.0 Å². The van der Waals surface area contributed by atoms with E-state index in [4.69, 9.17) is 14.5 Å². The second kappa shape index (κ2) is 15.2. The van der Waals surface area contributed by atoms with Gasteiger partial charge < -0.3 is 20.1 Å². The molecule has 1 aromatic rings. The average molecular weight is 393 g/mol. The number of hydrogen-bond acceptors (Lipinski definition) is 4. The number of nitrogens with one attached hydrogen (secondary N) is 2. The number of likely N-dealkylation sites (N-methyl/N-ethyl adjacent to an activating group) is 1. The van der Waals surface area contributed by atoms with Crippen LogP contribution in [-0.4, -0.2) is 63.9 Å². The molecule has 0 aliphatic rings. The second-order valence-electron chi connectivity index (χ2n) is 6.56. The zero-order chi connectivity index (χ0) is 20.6. The van der Waals surface area contributed by atoms with Gasteiger partial charge in [-0.2, -0.15) is 0 Å². The topological polar surface area (TPSA) is 58.1 Å². The van der Waals surface area contributed by atoms with Gasteiger partial charge in [0.15, 0.2) is 5.96 Å². The van der Waals surface area contributed by atoms with Crippen LogP contribution < -0.4 is 15.4 Å². The number of aliphatic imine (C=N–C) groups is 1. The van der Waals surface area contributed by atoms with Gasteiger partial charge in [-0.1, -0.05) is 26.0 Å². The maximum atomic E-state index is 5.42. The Balaban J connectivity index is 2.79. The minimum absolute atomic E-state index is 0.221. The fraction of sp³-hybridized carbons (Fsp3) is 0.682. The number of unbranched alkanes of at least 4 members (excludes halogenated alkanes) is 1. The Kier molecular flexibility index (Phi) is 13.1. The fourth-order valence-corrected chi connectivity index (χ4v) is 3.14. The van der Waals surface area contributed by atoms with Crippen LogP contribution in [0.2, 0.25) is 0 Å². The molecule has 160 valence electrons. The number of benzene rings is 1. The molecule has 0 aliphatic heterocycles. The summed E-state index contributed by atoms with van der Waals surface area (Å²) >= 11 is 0. The SMILES string of the molecule is CCNC(=NCC(c1cccc(OC)c1)N(CC)CC)NCCCCOCC. The van der Waals surface area contributed by atoms with Gasteiger partial charge in [-0.05, 0) is 57.5 Å². The van der Waals surface area contributed by atoms with Gasteiger partial charge in [0.1, 0.15) is 5.75 Å². The molecule has 0 amide bonds. The van der Waals surface area contributed by atoms with Crippen LogP contribution in [0.15, 0.2) is 29.3 Å². The monoisotopic (exact) mass is 392 g/mol. The first-order valence-corrected chi connectivity index (χ1v) is 10.7. The van der Waals surface area contributed by atoms with Crippen molar-refractivity contribution in [2.24, 2.45) is 4.99 Å². The number of ether oxygens (including phenoxy) is 2. The maximum Gasteiger partial charge on any atom is 0.191 e. The lowest BCUT2D eigenvalue weighted by Crippen LogP contribution is -2.39. The molecule has 0 aromatic heterocycles. The third kappa shape index (κ3) is 8.93. The standard InChI is InChI=1S/C22H40N4O2/c1-6-23-22(24-15-10-11-16-28-9-4)25-18-21(26(7-2)8-3)19-13-12-14-20(17-19)27-5/h12-14,17,21H,6-11,15-16,18H2,1-5H3,(H2,23,24,25). The van der Waals surface area contributed by atoms with E-state index in [9.17, 15) is 0 Å². The molecule has 0 saturated heterocycles. The largest absolute Gasteiger partial charge is 0.497 e. The van der Waals surface area contributed by atoms with Crippen LogP contribution in [0.5, 0.6) is 5.75 Å². The molecule has 0 aliphatic carbocycles. The predicted octanol–water partition coefficient (Wildman–Crippen LogP) is 3.45. The van der Waals surface area contributed by atoms with Gasteiger partial charge in [-0.25, -0.2) is 0 Å². The number of hydrogen-bond donors (Lipinski definition) is 2. The van der Waals surface area contributed by atoms with Gasteiger partial charge >= 0.3 is 0 Å². The molecule has 0 radical (unpaired) electrons. The molecule has 1 atom stereocenters. The summed E-state index contributed by atoms with van der Waals surface area (Å²) in [5, 5.41) is 6.80. The third-order valence-electron chi connectivity index (χ3n) is 4.71. The zero-order valence-corrected chi connectivity index (χ0v) is 18.5. The Morgan fingerprint density at radius 1 is 1.11 bits per heavy atom. The summed E-state index contributed by atoms with van der Waals surface area (Å²) in [5.74, 6) is 1.76. The van der Waals surface area contributed by atoms with Crippen LogP contribution in [0.3, 0.4) is 0 Å².